The number of carbonyl (C=O) groups excluding carboxylic acids is 1. The molecule has 0 saturated carbocycles. The summed E-state index contributed by atoms with van der Waals surface area (Å²) < 4.78 is 10.9. The van der Waals surface area contributed by atoms with Crippen LogP contribution in [0.5, 0.6) is 0 Å². The van der Waals surface area contributed by atoms with E-state index in [-0.39, 0.29) is 23.2 Å². The summed E-state index contributed by atoms with van der Waals surface area (Å²) in [5.41, 5.74) is 0.726. The van der Waals surface area contributed by atoms with Crippen LogP contribution in [0.3, 0.4) is 0 Å². The van der Waals surface area contributed by atoms with Gasteiger partial charge in [-0.3, -0.25) is 19.8 Å². The highest BCUT2D eigenvalue weighted by atomic mass is 16.6. The molecule has 1 unspecified atom stereocenters. The van der Waals surface area contributed by atoms with Gasteiger partial charge in [0.2, 0.25) is 0 Å². The zero-order chi connectivity index (χ0) is 18.5. The third kappa shape index (κ3) is 4.09. The SMILES string of the molecule is Cc1ccc(C(=O)NCC(c2ccco2)N2CCOCC2)cc1[N+](=O)[O-]. The second-order valence-electron chi connectivity index (χ2n) is 6.15. The van der Waals surface area contributed by atoms with E-state index in [0.29, 0.717) is 25.3 Å². The van der Waals surface area contributed by atoms with Gasteiger partial charge in [-0.15, -0.1) is 0 Å². The summed E-state index contributed by atoms with van der Waals surface area (Å²) in [5, 5.41) is 13.9. The number of benzene rings is 1. The molecule has 26 heavy (non-hydrogen) atoms. The van der Waals surface area contributed by atoms with Crippen molar-refractivity contribution in [2.24, 2.45) is 0 Å². The topological polar surface area (TPSA) is 97.9 Å². The van der Waals surface area contributed by atoms with Gasteiger partial charge >= 0.3 is 0 Å². The predicted molar refractivity (Wildman–Crippen MR) is 94.0 cm³/mol. The Bertz CT molecular complexity index is 769. The number of nitrogens with zero attached hydrogens (tertiary/aromatic N) is 2. The lowest BCUT2D eigenvalue weighted by atomic mass is 10.1. The Hall–Kier alpha value is -2.71. The number of hydrogen-bond donors (Lipinski definition) is 1. The number of carbonyl (C=O) groups is 1. The van der Waals surface area contributed by atoms with Gasteiger partial charge in [0.25, 0.3) is 11.6 Å². The van der Waals surface area contributed by atoms with Crippen molar-refractivity contribution >= 4 is 11.6 Å². The minimum absolute atomic E-state index is 0.0617. The van der Waals surface area contributed by atoms with E-state index < -0.39 is 4.92 Å². The van der Waals surface area contributed by atoms with Crippen molar-refractivity contribution in [3.05, 3.63) is 63.6 Å². The minimum Gasteiger partial charge on any atom is -0.468 e. The van der Waals surface area contributed by atoms with Gasteiger partial charge in [-0.1, -0.05) is 6.07 Å². The molecule has 0 spiro atoms. The zero-order valence-corrected chi connectivity index (χ0v) is 14.5. The molecule has 3 rings (SSSR count). The molecule has 1 fully saturated rings. The highest BCUT2D eigenvalue weighted by molar-refractivity contribution is 5.95. The summed E-state index contributed by atoms with van der Waals surface area (Å²) in [4.78, 5) is 25.3. The first-order chi connectivity index (χ1) is 12.6. The predicted octanol–water partition coefficient (Wildman–Crippen LogP) is 2.30. The van der Waals surface area contributed by atoms with Gasteiger partial charge in [0.15, 0.2) is 0 Å². The van der Waals surface area contributed by atoms with Crippen LogP contribution in [0.2, 0.25) is 0 Å². The van der Waals surface area contributed by atoms with Crippen molar-refractivity contribution in [2.75, 3.05) is 32.8 Å². The highest BCUT2D eigenvalue weighted by Gasteiger charge is 2.25. The third-order valence-corrected chi connectivity index (χ3v) is 4.48. The van der Waals surface area contributed by atoms with Gasteiger partial charge in [-0.05, 0) is 25.1 Å². The molecule has 0 radical (unpaired) electrons. The summed E-state index contributed by atoms with van der Waals surface area (Å²) in [5.74, 6) is 0.417. The maximum atomic E-state index is 12.5. The molecular weight excluding hydrogens is 338 g/mol. The van der Waals surface area contributed by atoms with E-state index in [9.17, 15) is 14.9 Å². The van der Waals surface area contributed by atoms with Crippen LogP contribution in [0.25, 0.3) is 0 Å². The summed E-state index contributed by atoms with van der Waals surface area (Å²) >= 11 is 0. The van der Waals surface area contributed by atoms with Gasteiger partial charge in [0.1, 0.15) is 5.76 Å². The zero-order valence-electron chi connectivity index (χ0n) is 14.5. The van der Waals surface area contributed by atoms with Gasteiger partial charge in [0.05, 0.1) is 30.4 Å². The van der Waals surface area contributed by atoms with Gasteiger partial charge in [-0.2, -0.15) is 0 Å². The number of nitro groups is 1. The standard InChI is InChI=1S/C18H21N3O5/c1-13-4-5-14(11-15(13)21(23)24)18(22)19-12-16(17-3-2-8-26-17)20-6-9-25-10-7-20/h2-5,8,11,16H,6-7,9-10,12H2,1H3,(H,19,22). The molecule has 0 aliphatic carbocycles. The number of hydrogen-bond acceptors (Lipinski definition) is 6. The molecule has 2 aromatic rings. The Morgan fingerprint density at radius 2 is 2.12 bits per heavy atom. The molecule has 1 aromatic heterocycles. The summed E-state index contributed by atoms with van der Waals surface area (Å²) in [6.45, 7) is 4.75. The van der Waals surface area contributed by atoms with Crippen LogP contribution < -0.4 is 5.32 Å². The van der Waals surface area contributed by atoms with Gasteiger partial charge in [0, 0.05) is 36.8 Å². The average Bonchev–Trinajstić information content (AvgIpc) is 3.17. The Balaban J connectivity index is 1.71. The summed E-state index contributed by atoms with van der Waals surface area (Å²) in [7, 11) is 0. The molecule has 1 saturated heterocycles. The fraction of sp³-hybridized carbons (Fsp3) is 0.389. The number of ether oxygens (including phenoxy) is 1. The minimum atomic E-state index is -0.481. The number of morpholine rings is 1. The van der Waals surface area contributed by atoms with Crippen LogP contribution in [0.1, 0.15) is 27.7 Å². The van der Waals surface area contributed by atoms with E-state index in [1.54, 1.807) is 25.3 Å². The second-order valence-corrected chi connectivity index (χ2v) is 6.15. The van der Waals surface area contributed by atoms with Crippen LogP contribution in [-0.4, -0.2) is 48.6 Å². The number of aryl methyl sites for hydroxylation is 1. The molecule has 8 heteroatoms. The molecular formula is C18H21N3O5. The number of nitrogens with one attached hydrogen (secondary N) is 1. The number of rotatable bonds is 6. The number of nitro benzene ring substituents is 1. The second kappa shape index (κ2) is 8.11. The first-order valence-corrected chi connectivity index (χ1v) is 8.44. The van der Waals surface area contributed by atoms with Crippen LogP contribution in [0, 0.1) is 17.0 Å². The lowest BCUT2D eigenvalue weighted by molar-refractivity contribution is -0.385. The van der Waals surface area contributed by atoms with Crippen molar-refractivity contribution in [1.29, 1.82) is 0 Å². The molecule has 1 aromatic carbocycles. The lowest BCUT2D eigenvalue weighted by Crippen LogP contribution is -2.43. The lowest BCUT2D eigenvalue weighted by Gasteiger charge is -2.33. The Labute approximate surface area is 150 Å². The fourth-order valence-corrected chi connectivity index (χ4v) is 3.02. The van der Waals surface area contributed by atoms with E-state index in [1.165, 1.54) is 6.07 Å². The van der Waals surface area contributed by atoms with Crippen LogP contribution >= 0.6 is 0 Å². The van der Waals surface area contributed by atoms with Crippen LogP contribution in [0.15, 0.2) is 41.0 Å². The molecule has 138 valence electrons. The van der Waals surface area contributed by atoms with Crippen molar-refractivity contribution in [1.82, 2.24) is 10.2 Å². The number of furan rings is 1. The first-order valence-electron chi connectivity index (χ1n) is 8.44. The highest BCUT2D eigenvalue weighted by Crippen LogP contribution is 2.23. The van der Waals surface area contributed by atoms with E-state index in [1.807, 2.05) is 12.1 Å². The van der Waals surface area contributed by atoms with E-state index >= 15 is 0 Å². The largest absolute Gasteiger partial charge is 0.468 e. The van der Waals surface area contributed by atoms with Crippen molar-refractivity contribution in [2.45, 2.75) is 13.0 Å². The van der Waals surface area contributed by atoms with Crippen LogP contribution in [-0.2, 0) is 4.74 Å². The molecule has 1 aliphatic rings. The average molecular weight is 359 g/mol. The summed E-state index contributed by atoms with van der Waals surface area (Å²) in [6, 6.07) is 8.06. The molecule has 8 nitrogen and oxygen atoms in total. The van der Waals surface area contributed by atoms with E-state index in [2.05, 4.69) is 10.2 Å². The molecule has 1 atom stereocenters. The van der Waals surface area contributed by atoms with E-state index in [0.717, 1.165) is 18.8 Å². The van der Waals surface area contributed by atoms with E-state index in [4.69, 9.17) is 9.15 Å². The molecule has 1 aliphatic heterocycles. The van der Waals surface area contributed by atoms with Crippen molar-refractivity contribution in [3.8, 4) is 0 Å². The van der Waals surface area contributed by atoms with Gasteiger partial charge in [-0.25, -0.2) is 0 Å². The van der Waals surface area contributed by atoms with Crippen molar-refractivity contribution < 1.29 is 18.9 Å². The first kappa shape index (κ1) is 18.1. The Morgan fingerprint density at radius 3 is 2.77 bits per heavy atom. The Morgan fingerprint density at radius 1 is 1.35 bits per heavy atom. The van der Waals surface area contributed by atoms with Crippen molar-refractivity contribution in [3.63, 3.8) is 0 Å². The molecule has 0 bridgehead atoms. The monoisotopic (exact) mass is 359 g/mol. The number of amides is 1. The quantitative estimate of drug-likeness (QED) is 0.628. The molecule has 1 N–H and O–H groups in total. The summed E-state index contributed by atoms with van der Waals surface area (Å²) in [6.07, 6.45) is 1.61. The fourth-order valence-electron chi connectivity index (χ4n) is 3.02. The van der Waals surface area contributed by atoms with Crippen LogP contribution in [0.4, 0.5) is 5.69 Å². The van der Waals surface area contributed by atoms with Gasteiger partial charge < -0.3 is 14.5 Å². The Kier molecular flexibility index (Phi) is 5.65. The normalized spacial score (nSPS) is 16.2. The molecule has 1 amide bonds. The molecule has 2 heterocycles. The third-order valence-electron chi connectivity index (χ3n) is 4.48. The smallest absolute Gasteiger partial charge is 0.273 e. The maximum absolute atomic E-state index is 12.5. The maximum Gasteiger partial charge on any atom is 0.273 e.